The highest BCUT2D eigenvalue weighted by molar-refractivity contribution is 6.04. The lowest BCUT2D eigenvalue weighted by molar-refractivity contribution is -0.146. The van der Waals surface area contributed by atoms with Crippen molar-refractivity contribution < 1.29 is 28.7 Å². The van der Waals surface area contributed by atoms with Gasteiger partial charge in [0, 0.05) is 30.9 Å². The predicted octanol–water partition coefficient (Wildman–Crippen LogP) is 6.57. The van der Waals surface area contributed by atoms with Crippen molar-refractivity contribution in [1.82, 2.24) is 15.1 Å². The van der Waals surface area contributed by atoms with Gasteiger partial charge >= 0.3 is 6.09 Å². The smallest absolute Gasteiger partial charge is 0.407 e. The van der Waals surface area contributed by atoms with Crippen LogP contribution in [0.25, 0.3) is 21.9 Å². The Morgan fingerprint density at radius 3 is 1.89 bits per heavy atom. The number of carbonyl (C=O) groups excluding carboxylic acids is 5. The zero-order valence-electron chi connectivity index (χ0n) is 31.4. The molecule has 2 saturated carbocycles. The van der Waals surface area contributed by atoms with E-state index in [-0.39, 0.29) is 41.4 Å². The largest absolute Gasteiger partial charge is 0.453 e. The molecule has 11 heteroatoms. The Labute approximate surface area is 311 Å². The summed E-state index contributed by atoms with van der Waals surface area (Å²) in [6.45, 7) is 8.95. The Kier molecular flexibility index (Phi) is 9.72. The van der Waals surface area contributed by atoms with E-state index in [9.17, 15) is 24.0 Å². The van der Waals surface area contributed by atoms with E-state index in [1.54, 1.807) is 4.90 Å². The van der Waals surface area contributed by atoms with E-state index in [0.29, 0.717) is 56.1 Å². The summed E-state index contributed by atoms with van der Waals surface area (Å²) in [5, 5.41) is 10.9. The van der Waals surface area contributed by atoms with Crippen molar-refractivity contribution in [3.63, 3.8) is 0 Å². The lowest BCUT2D eigenvalue weighted by Crippen LogP contribution is -2.61. The minimum Gasteiger partial charge on any atom is -0.453 e. The first-order valence-electron chi connectivity index (χ1n) is 19.1. The standard InChI is InChI=1S/C42H51N5O6/c1-25(2)18-35(48)46-23-27-14-16-41(46,21-27)38(50)44-34-13-10-31-19-30(6-7-32(31)20-34)29-8-11-33(12-9-29)43-39(51)42-17-15-28(22-42)24-47(42)37(49)36(26(3)4)45-40(52)53-5/h6-13,19-20,25-28,36H,14-18,21-24H2,1-5H3,(H,43,51)(H,44,50)(H,45,52)/t27?,28?,36-,41?,42?/m0/s1. The number of ether oxygens (including phenoxy) is 1. The molecule has 0 radical (unpaired) electrons. The van der Waals surface area contributed by atoms with Gasteiger partial charge in [0.15, 0.2) is 0 Å². The fourth-order valence-corrected chi connectivity index (χ4v) is 9.29. The van der Waals surface area contributed by atoms with E-state index in [4.69, 9.17) is 4.74 Å². The number of methoxy groups -OCH3 is 1. The molecule has 11 nitrogen and oxygen atoms in total. The van der Waals surface area contributed by atoms with Gasteiger partial charge in [-0.05, 0) is 114 Å². The van der Waals surface area contributed by atoms with Crippen molar-refractivity contribution in [2.75, 3.05) is 30.8 Å². The van der Waals surface area contributed by atoms with Crippen LogP contribution >= 0.6 is 0 Å². The molecule has 0 aromatic heterocycles. The van der Waals surface area contributed by atoms with E-state index in [1.165, 1.54) is 7.11 Å². The molecule has 0 spiro atoms. The molecule has 4 aliphatic rings. The highest BCUT2D eigenvalue weighted by Gasteiger charge is 2.59. The van der Waals surface area contributed by atoms with Gasteiger partial charge < -0.3 is 30.5 Å². The van der Waals surface area contributed by atoms with E-state index in [0.717, 1.165) is 41.2 Å². The molecule has 2 aliphatic carbocycles. The first-order chi connectivity index (χ1) is 25.3. The number of nitrogens with zero attached hydrogens (tertiary/aromatic N) is 2. The zero-order chi connectivity index (χ0) is 37.7. The monoisotopic (exact) mass is 721 g/mol. The Hall–Kier alpha value is -4.93. The molecule has 5 amide bonds. The van der Waals surface area contributed by atoms with E-state index >= 15 is 0 Å². The second kappa shape index (κ2) is 14.1. The maximum Gasteiger partial charge on any atom is 0.407 e. The third-order valence-corrected chi connectivity index (χ3v) is 12.1. The van der Waals surface area contributed by atoms with Gasteiger partial charge in [-0.2, -0.15) is 0 Å². The third kappa shape index (κ3) is 6.74. The number of anilines is 2. The van der Waals surface area contributed by atoms with Gasteiger partial charge in [-0.1, -0.05) is 58.0 Å². The summed E-state index contributed by atoms with van der Waals surface area (Å²) in [6.07, 6.45) is 4.26. The number of fused-ring (bicyclic) bond motifs is 5. The minimum absolute atomic E-state index is 0.0732. The molecule has 5 atom stereocenters. The summed E-state index contributed by atoms with van der Waals surface area (Å²) in [5.41, 5.74) is 1.64. The molecule has 2 aliphatic heterocycles. The predicted molar refractivity (Wildman–Crippen MR) is 204 cm³/mol. The van der Waals surface area contributed by atoms with Crippen LogP contribution in [0.2, 0.25) is 0 Å². The minimum atomic E-state index is -0.955. The number of amides is 5. The van der Waals surface area contributed by atoms with Crippen molar-refractivity contribution in [2.24, 2.45) is 23.7 Å². The van der Waals surface area contributed by atoms with E-state index in [2.05, 4.69) is 22.0 Å². The Balaban J connectivity index is 1.02. The Morgan fingerprint density at radius 2 is 1.28 bits per heavy atom. The maximum atomic E-state index is 13.9. The lowest BCUT2D eigenvalue weighted by Gasteiger charge is -2.40. The quantitative estimate of drug-likeness (QED) is 0.217. The number of piperidine rings is 2. The molecule has 3 aromatic carbocycles. The van der Waals surface area contributed by atoms with Crippen LogP contribution in [-0.4, -0.2) is 76.8 Å². The number of alkyl carbamates (subject to hydrolysis) is 1. The summed E-state index contributed by atoms with van der Waals surface area (Å²) in [5.74, 6) is 0.221. The second-order valence-electron chi connectivity index (χ2n) is 16.5. The molecule has 4 fully saturated rings. The molecular formula is C42H51N5O6. The van der Waals surface area contributed by atoms with Gasteiger partial charge in [-0.3, -0.25) is 19.2 Å². The number of carbonyl (C=O) groups is 5. The molecule has 4 unspecified atom stereocenters. The SMILES string of the molecule is COC(=O)N[C@H](C(=O)N1CC2CCC1(C(=O)Nc1ccc(-c3ccc4cc(NC(=O)C56CCC(CN5C(=O)CC(C)C)C6)ccc4c3)cc1)C2)C(C)C. The molecule has 2 heterocycles. The molecule has 4 bridgehead atoms. The average Bonchev–Trinajstić information content (AvgIpc) is 3.94. The average molecular weight is 722 g/mol. The van der Waals surface area contributed by atoms with Crippen molar-refractivity contribution in [2.45, 2.75) is 89.8 Å². The van der Waals surface area contributed by atoms with Crippen molar-refractivity contribution in [1.29, 1.82) is 0 Å². The fourth-order valence-electron chi connectivity index (χ4n) is 9.29. The normalized spacial score (nSPS) is 24.9. The van der Waals surface area contributed by atoms with Crippen molar-refractivity contribution in [3.05, 3.63) is 60.7 Å². The second-order valence-corrected chi connectivity index (χ2v) is 16.5. The third-order valence-electron chi connectivity index (χ3n) is 12.1. The van der Waals surface area contributed by atoms with Gasteiger partial charge in [0.25, 0.3) is 0 Å². The van der Waals surface area contributed by atoms with Crippen LogP contribution in [0, 0.1) is 23.7 Å². The molecule has 3 aromatic rings. The molecular weight excluding hydrogens is 670 g/mol. The Bertz CT molecular complexity index is 1940. The van der Waals surface area contributed by atoms with Crippen LogP contribution in [0.3, 0.4) is 0 Å². The fraction of sp³-hybridized carbons (Fsp3) is 0.500. The summed E-state index contributed by atoms with van der Waals surface area (Å²) in [4.78, 5) is 70.0. The van der Waals surface area contributed by atoms with E-state index in [1.807, 2.05) is 87.2 Å². The summed E-state index contributed by atoms with van der Waals surface area (Å²) in [7, 11) is 1.26. The zero-order valence-corrected chi connectivity index (χ0v) is 31.4. The number of nitrogens with one attached hydrogen (secondary N) is 3. The first-order valence-corrected chi connectivity index (χ1v) is 19.1. The molecule has 7 rings (SSSR count). The van der Waals surface area contributed by atoms with Crippen LogP contribution in [0.1, 0.15) is 72.6 Å². The highest BCUT2D eigenvalue weighted by atomic mass is 16.5. The molecule has 3 N–H and O–H groups in total. The van der Waals surface area contributed by atoms with Gasteiger partial charge in [0.05, 0.1) is 7.11 Å². The number of likely N-dealkylation sites (tertiary alicyclic amines) is 2. The van der Waals surface area contributed by atoms with Gasteiger partial charge in [-0.25, -0.2) is 4.79 Å². The topological polar surface area (TPSA) is 137 Å². The molecule has 53 heavy (non-hydrogen) atoms. The summed E-state index contributed by atoms with van der Waals surface area (Å²) >= 11 is 0. The molecule has 280 valence electrons. The van der Waals surface area contributed by atoms with Crippen LogP contribution in [0.15, 0.2) is 60.7 Å². The number of rotatable bonds is 10. The lowest BCUT2D eigenvalue weighted by atomic mass is 9.92. The van der Waals surface area contributed by atoms with Crippen molar-refractivity contribution in [3.8, 4) is 11.1 Å². The maximum absolute atomic E-state index is 13.9. The van der Waals surface area contributed by atoms with Crippen LogP contribution in [0.4, 0.5) is 16.2 Å². The summed E-state index contributed by atoms with van der Waals surface area (Å²) in [6, 6.07) is 19.0. The van der Waals surface area contributed by atoms with Crippen molar-refractivity contribution >= 4 is 51.9 Å². The van der Waals surface area contributed by atoms with Crippen LogP contribution < -0.4 is 16.0 Å². The summed E-state index contributed by atoms with van der Waals surface area (Å²) < 4.78 is 4.75. The van der Waals surface area contributed by atoms with Crippen LogP contribution in [-0.2, 0) is 23.9 Å². The first kappa shape index (κ1) is 36.4. The number of hydrogen-bond donors (Lipinski definition) is 3. The number of benzene rings is 3. The number of hydrogen-bond acceptors (Lipinski definition) is 6. The highest BCUT2D eigenvalue weighted by Crippen LogP contribution is 2.49. The van der Waals surface area contributed by atoms with Gasteiger partial charge in [0.2, 0.25) is 23.6 Å². The molecule has 2 saturated heterocycles. The van der Waals surface area contributed by atoms with Gasteiger partial charge in [0.1, 0.15) is 17.1 Å². The van der Waals surface area contributed by atoms with Crippen LogP contribution in [0.5, 0.6) is 0 Å². The van der Waals surface area contributed by atoms with E-state index < -0.39 is 23.2 Å². The Morgan fingerprint density at radius 1 is 0.736 bits per heavy atom. The van der Waals surface area contributed by atoms with Gasteiger partial charge in [-0.15, -0.1) is 0 Å².